The molecule has 0 saturated heterocycles. The Labute approximate surface area is 55.3 Å². The number of ether oxygens (including phenoxy) is 1. The molecule has 0 bridgehead atoms. The van der Waals surface area contributed by atoms with Crippen LogP contribution in [0, 0.1) is 5.92 Å². The summed E-state index contributed by atoms with van der Waals surface area (Å²) in [5.74, 6) is 0.519. The molecule has 0 atom stereocenters. The van der Waals surface area contributed by atoms with Gasteiger partial charge in [0.2, 0.25) is 0 Å². The molecule has 0 aliphatic carbocycles. The van der Waals surface area contributed by atoms with E-state index >= 15 is 0 Å². The fourth-order valence-electron chi connectivity index (χ4n) is 0.257. The zero-order valence-electron chi connectivity index (χ0n) is 5.28. The fraction of sp³-hybridized carbons (Fsp3) is 0.667. The van der Waals surface area contributed by atoms with E-state index in [1.165, 1.54) is 0 Å². The van der Waals surface area contributed by atoms with Crippen LogP contribution in [-0.4, -0.2) is 6.61 Å². The number of hydrogen-bond donors (Lipinski definition) is 0. The van der Waals surface area contributed by atoms with Gasteiger partial charge in [0.15, 0.2) is 5.22 Å². The minimum Gasteiger partial charge on any atom is -0.483 e. The van der Waals surface area contributed by atoms with Gasteiger partial charge in [0.1, 0.15) is 0 Å². The van der Waals surface area contributed by atoms with E-state index < -0.39 is 0 Å². The Morgan fingerprint density at radius 1 is 1.75 bits per heavy atom. The number of halogens is 1. The first-order chi connectivity index (χ1) is 3.63. The maximum absolute atomic E-state index is 5.31. The van der Waals surface area contributed by atoms with E-state index in [4.69, 9.17) is 16.3 Å². The molecular weight excluding hydrogens is 124 g/mol. The molecule has 0 amide bonds. The predicted molar refractivity (Wildman–Crippen MR) is 35.8 cm³/mol. The first kappa shape index (κ1) is 7.83. The van der Waals surface area contributed by atoms with E-state index in [1.807, 2.05) is 0 Å². The summed E-state index contributed by atoms with van der Waals surface area (Å²) in [5, 5.41) is 0.277. The van der Waals surface area contributed by atoms with Crippen LogP contribution in [0.5, 0.6) is 0 Å². The van der Waals surface area contributed by atoms with Gasteiger partial charge >= 0.3 is 0 Å². The molecule has 0 aromatic heterocycles. The van der Waals surface area contributed by atoms with E-state index in [9.17, 15) is 0 Å². The third-order valence-corrected chi connectivity index (χ3v) is 0.682. The molecule has 0 rings (SSSR count). The second-order valence-electron chi connectivity index (χ2n) is 2.06. The van der Waals surface area contributed by atoms with Crippen molar-refractivity contribution < 1.29 is 4.74 Å². The fourth-order valence-corrected chi connectivity index (χ4v) is 0.320. The van der Waals surface area contributed by atoms with Crippen LogP contribution in [0.4, 0.5) is 0 Å². The monoisotopic (exact) mass is 134 g/mol. The lowest BCUT2D eigenvalue weighted by molar-refractivity contribution is 0.201. The molecule has 0 unspecified atom stereocenters. The molecule has 0 aliphatic rings. The van der Waals surface area contributed by atoms with Crippen LogP contribution in [-0.2, 0) is 4.74 Å². The molecule has 0 radical (unpaired) electrons. The molecule has 0 N–H and O–H groups in total. The van der Waals surface area contributed by atoms with E-state index in [-0.39, 0.29) is 5.22 Å². The molecule has 8 heavy (non-hydrogen) atoms. The Kier molecular flexibility index (Phi) is 3.71. The van der Waals surface area contributed by atoms with Crippen LogP contribution in [0.2, 0.25) is 0 Å². The van der Waals surface area contributed by atoms with Crippen LogP contribution >= 0.6 is 11.6 Å². The van der Waals surface area contributed by atoms with Crippen molar-refractivity contribution in [1.82, 2.24) is 0 Å². The minimum absolute atomic E-state index is 0.277. The second kappa shape index (κ2) is 3.79. The lowest BCUT2D eigenvalue weighted by Crippen LogP contribution is -1.97. The highest BCUT2D eigenvalue weighted by molar-refractivity contribution is 6.27. The largest absolute Gasteiger partial charge is 0.483 e. The molecule has 0 aromatic rings. The van der Waals surface area contributed by atoms with Gasteiger partial charge in [-0.15, -0.1) is 0 Å². The Balaban J connectivity index is 3.05. The summed E-state index contributed by atoms with van der Waals surface area (Å²) in [6.45, 7) is 8.14. The average molecular weight is 135 g/mol. The number of hydrogen-bond acceptors (Lipinski definition) is 1. The van der Waals surface area contributed by atoms with Gasteiger partial charge in [-0.3, -0.25) is 0 Å². The minimum atomic E-state index is 0.277. The zero-order chi connectivity index (χ0) is 6.57. The summed E-state index contributed by atoms with van der Waals surface area (Å²) in [5.41, 5.74) is 0. The Morgan fingerprint density at radius 2 is 2.25 bits per heavy atom. The Bertz CT molecular complexity index is 78.6. The normalized spacial score (nSPS) is 9.50. The quantitative estimate of drug-likeness (QED) is 0.539. The van der Waals surface area contributed by atoms with Gasteiger partial charge < -0.3 is 4.74 Å². The lowest BCUT2D eigenvalue weighted by atomic mass is 10.2. The summed E-state index contributed by atoms with van der Waals surface area (Å²) in [7, 11) is 0. The van der Waals surface area contributed by atoms with Crippen LogP contribution in [0.15, 0.2) is 11.8 Å². The van der Waals surface area contributed by atoms with E-state index in [0.717, 1.165) is 0 Å². The smallest absolute Gasteiger partial charge is 0.179 e. The van der Waals surface area contributed by atoms with Crippen molar-refractivity contribution in [2.75, 3.05) is 6.61 Å². The van der Waals surface area contributed by atoms with Crippen molar-refractivity contribution in [2.24, 2.45) is 5.92 Å². The van der Waals surface area contributed by atoms with Crippen molar-refractivity contribution in [2.45, 2.75) is 13.8 Å². The summed E-state index contributed by atoms with van der Waals surface area (Å²) >= 11 is 5.31. The van der Waals surface area contributed by atoms with Crippen molar-refractivity contribution in [3.63, 3.8) is 0 Å². The van der Waals surface area contributed by atoms with Gasteiger partial charge in [0, 0.05) is 0 Å². The highest BCUT2D eigenvalue weighted by Crippen LogP contribution is 2.01. The zero-order valence-corrected chi connectivity index (χ0v) is 6.03. The van der Waals surface area contributed by atoms with Gasteiger partial charge in [0.25, 0.3) is 0 Å². The van der Waals surface area contributed by atoms with Gasteiger partial charge in [-0.05, 0) is 24.1 Å². The average Bonchev–Trinajstić information content (AvgIpc) is 1.61. The highest BCUT2D eigenvalue weighted by atomic mass is 35.5. The molecule has 0 spiro atoms. The van der Waals surface area contributed by atoms with Gasteiger partial charge in [-0.2, -0.15) is 0 Å². The molecule has 0 fully saturated rings. The molecular formula is C6H11ClO. The van der Waals surface area contributed by atoms with Crippen molar-refractivity contribution in [1.29, 1.82) is 0 Å². The molecule has 1 nitrogen and oxygen atoms in total. The maximum Gasteiger partial charge on any atom is 0.179 e. The maximum atomic E-state index is 5.31. The van der Waals surface area contributed by atoms with Crippen molar-refractivity contribution in [3.05, 3.63) is 11.8 Å². The van der Waals surface area contributed by atoms with Crippen LogP contribution in [0.1, 0.15) is 13.8 Å². The molecule has 0 aromatic carbocycles. The topological polar surface area (TPSA) is 9.23 Å². The molecule has 0 aliphatic heterocycles. The van der Waals surface area contributed by atoms with E-state index in [0.29, 0.717) is 12.5 Å². The van der Waals surface area contributed by atoms with E-state index in [1.54, 1.807) is 0 Å². The van der Waals surface area contributed by atoms with Crippen LogP contribution < -0.4 is 0 Å². The van der Waals surface area contributed by atoms with Crippen LogP contribution in [0.3, 0.4) is 0 Å². The van der Waals surface area contributed by atoms with Crippen LogP contribution in [0.25, 0.3) is 0 Å². The van der Waals surface area contributed by atoms with Gasteiger partial charge in [0.05, 0.1) is 6.61 Å². The summed E-state index contributed by atoms with van der Waals surface area (Å²) in [6.07, 6.45) is 0. The summed E-state index contributed by atoms with van der Waals surface area (Å²) < 4.78 is 4.87. The SMILES string of the molecule is C=C(Cl)OCC(C)C. The van der Waals surface area contributed by atoms with Crippen molar-refractivity contribution in [3.8, 4) is 0 Å². The Hall–Kier alpha value is -0.170. The lowest BCUT2D eigenvalue weighted by Gasteiger charge is -2.04. The van der Waals surface area contributed by atoms with Gasteiger partial charge in [-0.1, -0.05) is 13.8 Å². The molecule has 48 valence electrons. The third kappa shape index (κ3) is 5.83. The molecule has 0 heterocycles. The third-order valence-electron chi connectivity index (χ3n) is 0.573. The highest BCUT2D eigenvalue weighted by Gasteiger charge is 1.92. The predicted octanol–water partition coefficient (Wildman–Crippen LogP) is 2.37. The molecule has 0 saturated carbocycles. The number of rotatable bonds is 3. The van der Waals surface area contributed by atoms with Gasteiger partial charge in [-0.25, -0.2) is 0 Å². The Morgan fingerprint density at radius 3 is 2.38 bits per heavy atom. The summed E-state index contributed by atoms with van der Waals surface area (Å²) in [6, 6.07) is 0. The summed E-state index contributed by atoms with van der Waals surface area (Å²) in [4.78, 5) is 0. The second-order valence-corrected chi connectivity index (χ2v) is 2.48. The first-order valence-electron chi connectivity index (χ1n) is 2.60. The molecule has 2 heteroatoms. The standard InChI is InChI=1S/C6H11ClO/c1-5(2)4-8-6(3)7/h5H,3-4H2,1-2H3. The van der Waals surface area contributed by atoms with Crippen molar-refractivity contribution >= 4 is 11.6 Å². The first-order valence-corrected chi connectivity index (χ1v) is 2.98. The van der Waals surface area contributed by atoms with E-state index in [2.05, 4.69) is 20.4 Å².